The molecule has 0 radical (unpaired) electrons. The molecule has 0 aliphatic rings. The maximum atomic E-state index is 8.47. The van der Waals surface area contributed by atoms with Gasteiger partial charge < -0.3 is 10.1 Å². The van der Waals surface area contributed by atoms with Gasteiger partial charge in [-0.3, -0.25) is 0 Å². The fourth-order valence-corrected chi connectivity index (χ4v) is 3.01. The van der Waals surface area contributed by atoms with Crippen LogP contribution >= 0.6 is 23.1 Å². The molecule has 1 aromatic heterocycles. The largest absolute Gasteiger partial charge is 0.497 e. The summed E-state index contributed by atoms with van der Waals surface area (Å²) in [4.78, 5) is 0. The van der Waals surface area contributed by atoms with Gasteiger partial charge in [0.15, 0.2) is 4.34 Å². The van der Waals surface area contributed by atoms with Crippen molar-refractivity contribution >= 4 is 33.9 Å². The van der Waals surface area contributed by atoms with Crippen LogP contribution in [0.3, 0.4) is 0 Å². The lowest BCUT2D eigenvalue weighted by Crippen LogP contribution is -1.90. The van der Waals surface area contributed by atoms with Crippen LogP contribution in [0, 0.1) is 11.3 Å². The molecule has 1 heterocycles. The third kappa shape index (κ3) is 4.12. The van der Waals surface area contributed by atoms with Gasteiger partial charge in [-0.1, -0.05) is 29.2 Å². The Kier molecular flexibility index (Phi) is 5.01. The van der Waals surface area contributed by atoms with Crippen LogP contribution in [0.2, 0.25) is 0 Å². The number of ether oxygens (including phenoxy) is 1. The topological polar surface area (TPSA) is 70.8 Å². The number of hydrogen-bond donors (Lipinski definition) is 1. The van der Waals surface area contributed by atoms with Crippen molar-refractivity contribution < 1.29 is 4.74 Å². The molecule has 0 aliphatic carbocycles. The second-order valence-electron chi connectivity index (χ2n) is 3.49. The summed E-state index contributed by atoms with van der Waals surface area (Å²) in [5, 5.41) is 20.5. The van der Waals surface area contributed by atoms with Gasteiger partial charge in [0.2, 0.25) is 5.13 Å². The maximum Gasteiger partial charge on any atom is 0.210 e. The summed E-state index contributed by atoms with van der Waals surface area (Å²) in [7, 11) is 1.63. The molecule has 7 heteroatoms. The van der Waals surface area contributed by atoms with Crippen LogP contribution in [-0.2, 0) is 0 Å². The Hall–Kier alpha value is -1.78. The Morgan fingerprint density at radius 3 is 3.16 bits per heavy atom. The first-order valence-electron chi connectivity index (χ1n) is 5.56. The van der Waals surface area contributed by atoms with Crippen LogP contribution < -0.4 is 10.1 Å². The first-order valence-corrected chi connectivity index (χ1v) is 7.36. The first kappa shape index (κ1) is 13.6. The second kappa shape index (κ2) is 6.97. The van der Waals surface area contributed by atoms with E-state index in [0.29, 0.717) is 6.42 Å². The van der Waals surface area contributed by atoms with Crippen LogP contribution in [0.25, 0.3) is 0 Å². The van der Waals surface area contributed by atoms with Crippen molar-refractivity contribution in [3.05, 3.63) is 24.3 Å². The van der Waals surface area contributed by atoms with Crippen molar-refractivity contribution in [3.63, 3.8) is 0 Å². The van der Waals surface area contributed by atoms with Crippen LogP contribution in [0.5, 0.6) is 5.75 Å². The Bertz CT molecular complexity index is 579. The monoisotopic (exact) mass is 292 g/mol. The number of thioether (sulfide) groups is 1. The second-order valence-corrected chi connectivity index (χ2v) is 5.81. The van der Waals surface area contributed by atoms with E-state index in [0.717, 1.165) is 26.7 Å². The lowest BCUT2D eigenvalue weighted by Gasteiger charge is -2.04. The predicted octanol–water partition coefficient (Wildman–Crippen LogP) is 3.30. The van der Waals surface area contributed by atoms with E-state index in [9.17, 15) is 0 Å². The maximum absolute atomic E-state index is 8.47. The summed E-state index contributed by atoms with van der Waals surface area (Å²) in [5.41, 5.74) is 0.907. The number of methoxy groups -OCH3 is 1. The van der Waals surface area contributed by atoms with E-state index in [1.807, 2.05) is 24.3 Å². The Morgan fingerprint density at radius 1 is 1.47 bits per heavy atom. The highest BCUT2D eigenvalue weighted by atomic mass is 32.2. The highest BCUT2D eigenvalue weighted by Gasteiger charge is 2.05. The lowest BCUT2D eigenvalue weighted by atomic mass is 10.3. The van der Waals surface area contributed by atoms with Crippen molar-refractivity contribution in [2.24, 2.45) is 0 Å². The van der Waals surface area contributed by atoms with Crippen molar-refractivity contribution in [2.75, 3.05) is 18.2 Å². The van der Waals surface area contributed by atoms with Gasteiger partial charge in [0, 0.05) is 23.9 Å². The zero-order chi connectivity index (χ0) is 13.5. The molecule has 2 rings (SSSR count). The molecule has 0 fully saturated rings. The normalized spacial score (nSPS) is 9.89. The molecule has 19 heavy (non-hydrogen) atoms. The number of aromatic nitrogens is 2. The smallest absolute Gasteiger partial charge is 0.210 e. The molecule has 98 valence electrons. The molecule has 0 atom stereocenters. The van der Waals surface area contributed by atoms with E-state index < -0.39 is 0 Å². The Balaban J connectivity index is 1.97. The lowest BCUT2D eigenvalue weighted by molar-refractivity contribution is 0.415. The highest BCUT2D eigenvalue weighted by Crippen LogP contribution is 2.28. The third-order valence-corrected chi connectivity index (χ3v) is 4.14. The van der Waals surface area contributed by atoms with Crippen molar-refractivity contribution in [1.82, 2.24) is 10.2 Å². The third-order valence-electron chi connectivity index (χ3n) is 2.17. The molecule has 0 saturated carbocycles. The van der Waals surface area contributed by atoms with Gasteiger partial charge in [-0.15, -0.1) is 10.2 Å². The van der Waals surface area contributed by atoms with E-state index in [1.165, 1.54) is 11.3 Å². The average molecular weight is 292 g/mol. The van der Waals surface area contributed by atoms with E-state index in [4.69, 9.17) is 10.00 Å². The van der Waals surface area contributed by atoms with Gasteiger partial charge in [0.1, 0.15) is 5.75 Å². The molecule has 0 bridgehead atoms. The van der Waals surface area contributed by atoms with Gasteiger partial charge in [-0.25, -0.2) is 0 Å². The van der Waals surface area contributed by atoms with Gasteiger partial charge in [0.25, 0.3) is 0 Å². The molecular weight excluding hydrogens is 280 g/mol. The van der Waals surface area contributed by atoms with E-state index in [1.54, 1.807) is 18.9 Å². The number of benzene rings is 1. The summed E-state index contributed by atoms with van der Waals surface area (Å²) < 4.78 is 6.02. The Morgan fingerprint density at radius 2 is 2.37 bits per heavy atom. The molecule has 0 aliphatic heterocycles. The minimum Gasteiger partial charge on any atom is -0.497 e. The quantitative estimate of drug-likeness (QED) is 0.650. The van der Waals surface area contributed by atoms with Crippen molar-refractivity contribution in [2.45, 2.75) is 10.8 Å². The molecule has 1 aromatic carbocycles. The van der Waals surface area contributed by atoms with Gasteiger partial charge in [-0.05, 0) is 12.1 Å². The zero-order valence-corrected chi connectivity index (χ0v) is 11.9. The van der Waals surface area contributed by atoms with Crippen LogP contribution in [0.1, 0.15) is 6.42 Å². The number of rotatable bonds is 6. The minimum absolute atomic E-state index is 0.517. The van der Waals surface area contributed by atoms with Crippen LogP contribution in [0.15, 0.2) is 28.6 Å². The van der Waals surface area contributed by atoms with E-state index in [2.05, 4.69) is 21.6 Å². The molecule has 1 N–H and O–H groups in total. The SMILES string of the molecule is COc1cccc(Nc2nnc(SCCC#N)s2)c1. The van der Waals surface area contributed by atoms with Crippen LogP contribution in [-0.4, -0.2) is 23.1 Å². The van der Waals surface area contributed by atoms with Gasteiger partial charge in [-0.2, -0.15) is 5.26 Å². The Labute approximate surface area is 119 Å². The molecule has 0 spiro atoms. The number of nitrogens with one attached hydrogen (secondary N) is 1. The summed E-state index contributed by atoms with van der Waals surface area (Å²) in [6, 6.07) is 9.72. The molecule has 2 aromatic rings. The fraction of sp³-hybridized carbons (Fsp3) is 0.250. The van der Waals surface area contributed by atoms with Crippen molar-refractivity contribution in [1.29, 1.82) is 5.26 Å². The highest BCUT2D eigenvalue weighted by molar-refractivity contribution is 8.01. The predicted molar refractivity (Wildman–Crippen MR) is 77.1 cm³/mol. The van der Waals surface area contributed by atoms with Crippen LogP contribution in [0.4, 0.5) is 10.8 Å². The van der Waals surface area contributed by atoms with E-state index >= 15 is 0 Å². The van der Waals surface area contributed by atoms with Gasteiger partial charge in [0.05, 0.1) is 13.2 Å². The number of nitrogens with zero attached hydrogens (tertiary/aromatic N) is 3. The molecule has 0 saturated heterocycles. The molecular formula is C12H12N4OS2. The summed E-state index contributed by atoms with van der Waals surface area (Å²) in [6.07, 6.45) is 0.517. The van der Waals surface area contributed by atoms with E-state index in [-0.39, 0.29) is 0 Å². The average Bonchev–Trinajstić information content (AvgIpc) is 2.87. The van der Waals surface area contributed by atoms with Crippen molar-refractivity contribution in [3.8, 4) is 11.8 Å². The minimum atomic E-state index is 0.517. The van der Waals surface area contributed by atoms with Gasteiger partial charge >= 0.3 is 0 Å². The number of hydrogen-bond acceptors (Lipinski definition) is 7. The number of anilines is 2. The first-order chi connectivity index (χ1) is 9.31. The number of nitriles is 1. The molecule has 0 amide bonds. The zero-order valence-electron chi connectivity index (χ0n) is 10.3. The molecule has 0 unspecified atom stereocenters. The summed E-state index contributed by atoms with van der Waals surface area (Å²) in [5.74, 6) is 1.53. The standard InChI is InChI=1S/C12H12N4OS2/c1-17-10-5-2-4-9(8-10)14-11-15-16-12(19-11)18-7-3-6-13/h2,4-5,8H,3,7H2,1H3,(H,14,15). The summed E-state index contributed by atoms with van der Waals surface area (Å²) in [6.45, 7) is 0. The summed E-state index contributed by atoms with van der Waals surface area (Å²) >= 11 is 3.01. The molecule has 5 nitrogen and oxygen atoms in total. The fourth-order valence-electron chi connectivity index (χ4n) is 1.33.